The lowest BCUT2D eigenvalue weighted by atomic mass is 10.1. The number of benzene rings is 1. The average Bonchev–Trinajstić information content (AvgIpc) is 2.18. The SMILES string of the molecule is NCCCNC(=O)Cc1cccc(Cl)c1. The largest absolute Gasteiger partial charge is 0.356 e. The molecule has 0 atom stereocenters. The van der Waals surface area contributed by atoms with E-state index in [1.165, 1.54) is 0 Å². The van der Waals surface area contributed by atoms with Crippen molar-refractivity contribution >= 4 is 17.5 Å². The van der Waals surface area contributed by atoms with Crippen molar-refractivity contribution in [2.45, 2.75) is 12.8 Å². The molecule has 15 heavy (non-hydrogen) atoms. The van der Waals surface area contributed by atoms with Gasteiger partial charge in [0.1, 0.15) is 0 Å². The molecule has 0 aromatic heterocycles. The summed E-state index contributed by atoms with van der Waals surface area (Å²) in [5.74, 6) is 0.00529. The molecular weight excluding hydrogens is 212 g/mol. The standard InChI is InChI=1S/C11H15ClN2O/c12-10-4-1-3-9(7-10)8-11(15)14-6-2-5-13/h1,3-4,7H,2,5-6,8,13H2,(H,14,15). The molecule has 82 valence electrons. The summed E-state index contributed by atoms with van der Waals surface area (Å²) in [6.45, 7) is 1.23. The molecule has 0 saturated carbocycles. The first-order chi connectivity index (χ1) is 7.22. The van der Waals surface area contributed by atoms with E-state index in [-0.39, 0.29) is 5.91 Å². The van der Waals surface area contributed by atoms with Crippen LogP contribution in [0.2, 0.25) is 5.02 Å². The molecule has 1 aromatic carbocycles. The van der Waals surface area contributed by atoms with Crippen molar-refractivity contribution < 1.29 is 4.79 Å². The molecule has 3 nitrogen and oxygen atoms in total. The Labute approximate surface area is 94.6 Å². The van der Waals surface area contributed by atoms with Crippen molar-refractivity contribution in [2.75, 3.05) is 13.1 Å². The Morgan fingerprint density at radius 2 is 2.27 bits per heavy atom. The fraction of sp³-hybridized carbons (Fsp3) is 0.364. The van der Waals surface area contributed by atoms with Crippen molar-refractivity contribution in [1.82, 2.24) is 5.32 Å². The van der Waals surface area contributed by atoms with Crippen LogP contribution in [-0.4, -0.2) is 19.0 Å². The van der Waals surface area contributed by atoms with Gasteiger partial charge in [-0.3, -0.25) is 4.79 Å². The molecule has 0 aliphatic carbocycles. The third-order valence-corrected chi connectivity index (χ3v) is 2.19. The van der Waals surface area contributed by atoms with Crippen molar-refractivity contribution in [3.05, 3.63) is 34.9 Å². The monoisotopic (exact) mass is 226 g/mol. The molecular formula is C11H15ClN2O. The minimum Gasteiger partial charge on any atom is -0.356 e. The highest BCUT2D eigenvalue weighted by molar-refractivity contribution is 6.30. The van der Waals surface area contributed by atoms with Gasteiger partial charge in [-0.15, -0.1) is 0 Å². The highest BCUT2D eigenvalue weighted by Gasteiger charge is 2.02. The Kier molecular flexibility index (Phi) is 5.15. The summed E-state index contributed by atoms with van der Waals surface area (Å²) in [6, 6.07) is 7.31. The fourth-order valence-corrected chi connectivity index (χ4v) is 1.44. The Morgan fingerprint density at radius 1 is 1.47 bits per heavy atom. The summed E-state index contributed by atoms with van der Waals surface area (Å²) in [5, 5.41) is 3.44. The molecule has 0 aliphatic heterocycles. The van der Waals surface area contributed by atoms with Gasteiger partial charge in [0.2, 0.25) is 5.91 Å². The van der Waals surface area contributed by atoms with Gasteiger partial charge < -0.3 is 11.1 Å². The summed E-state index contributed by atoms with van der Waals surface area (Å²) < 4.78 is 0. The van der Waals surface area contributed by atoms with Crippen molar-refractivity contribution in [1.29, 1.82) is 0 Å². The fourth-order valence-electron chi connectivity index (χ4n) is 1.22. The average molecular weight is 227 g/mol. The number of carbonyl (C=O) groups is 1. The van der Waals surface area contributed by atoms with Gasteiger partial charge >= 0.3 is 0 Å². The zero-order valence-electron chi connectivity index (χ0n) is 8.50. The van der Waals surface area contributed by atoms with E-state index in [4.69, 9.17) is 17.3 Å². The third-order valence-electron chi connectivity index (χ3n) is 1.96. The second kappa shape index (κ2) is 6.43. The molecule has 1 amide bonds. The molecule has 3 N–H and O–H groups in total. The van der Waals surface area contributed by atoms with Gasteiger partial charge in [-0.05, 0) is 30.7 Å². The number of nitrogens with two attached hydrogens (primary N) is 1. The number of halogens is 1. The molecule has 1 rings (SSSR count). The zero-order chi connectivity index (χ0) is 11.1. The van der Waals surface area contributed by atoms with Crippen molar-refractivity contribution in [2.24, 2.45) is 5.73 Å². The number of carbonyl (C=O) groups excluding carboxylic acids is 1. The first kappa shape index (κ1) is 12.0. The lowest BCUT2D eigenvalue weighted by Gasteiger charge is -2.04. The Hall–Kier alpha value is -1.06. The van der Waals surface area contributed by atoms with Crippen LogP contribution in [0.1, 0.15) is 12.0 Å². The molecule has 0 fully saturated rings. The Morgan fingerprint density at radius 3 is 2.93 bits per heavy atom. The van der Waals surface area contributed by atoms with Gasteiger partial charge in [0.25, 0.3) is 0 Å². The van der Waals surface area contributed by atoms with E-state index in [1.807, 2.05) is 12.1 Å². The molecule has 0 spiro atoms. The number of hydrogen-bond acceptors (Lipinski definition) is 2. The van der Waals surface area contributed by atoms with Crippen LogP contribution in [0.3, 0.4) is 0 Å². The van der Waals surface area contributed by atoms with Crippen LogP contribution >= 0.6 is 11.6 Å². The molecule has 0 heterocycles. The van der Waals surface area contributed by atoms with Crippen LogP contribution in [0.25, 0.3) is 0 Å². The Bertz CT molecular complexity index is 328. The van der Waals surface area contributed by atoms with Crippen molar-refractivity contribution in [3.63, 3.8) is 0 Å². The van der Waals surface area contributed by atoms with Gasteiger partial charge in [-0.2, -0.15) is 0 Å². The quantitative estimate of drug-likeness (QED) is 0.745. The second-order valence-electron chi connectivity index (χ2n) is 3.30. The molecule has 1 aromatic rings. The van der Waals surface area contributed by atoms with Crippen LogP contribution < -0.4 is 11.1 Å². The number of amides is 1. The van der Waals surface area contributed by atoms with E-state index in [0.717, 1.165) is 12.0 Å². The number of nitrogens with one attached hydrogen (secondary N) is 1. The molecule has 0 radical (unpaired) electrons. The van der Waals surface area contributed by atoms with Crippen molar-refractivity contribution in [3.8, 4) is 0 Å². The first-order valence-corrected chi connectivity index (χ1v) is 5.31. The summed E-state index contributed by atoms with van der Waals surface area (Å²) in [4.78, 5) is 11.4. The van der Waals surface area contributed by atoms with Gasteiger partial charge in [-0.25, -0.2) is 0 Å². The smallest absolute Gasteiger partial charge is 0.224 e. The third kappa shape index (κ3) is 4.81. The predicted octanol–water partition coefficient (Wildman–Crippen LogP) is 1.35. The minimum atomic E-state index is 0.00529. The lowest BCUT2D eigenvalue weighted by Crippen LogP contribution is -2.27. The van der Waals surface area contributed by atoms with Gasteiger partial charge in [0.05, 0.1) is 6.42 Å². The zero-order valence-corrected chi connectivity index (χ0v) is 9.26. The van der Waals surface area contributed by atoms with Crippen LogP contribution in [0.5, 0.6) is 0 Å². The molecule has 0 aliphatic rings. The number of rotatable bonds is 5. The maximum atomic E-state index is 11.4. The van der Waals surface area contributed by atoms with Gasteiger partial charge in [-0.1, -0.05) is 23.7 Å². The first-order valence-electron chi connectivity index (χ1n) is 4.93. The van der Waals surface area contributed by atoms with Crippen LogP contribution in [0, 0.1) is 0 Å². The molecule has 0 saturated heterocycles. The minimum absolute atomic E-state index is 0.00529. The maximum Gasteiger partial charge on any atom is 0.224 e. The summed E-state index contributed by atoms with van der Waals surface area (Å²) in [5.41, 5.74) is 6.24. The highest BCUT2D eigenvalue weighted by atomic mass is 35.5. The van der Waals surface area contributed by atoms with Gasteiger partial charge in [0.15, 0.2) is 0 Å². The summed E-state index contributed by atoms with van der Waals surface area (Å²) >= 11 is 5.81. The van der Waals surface area contributed by atoms with E-state index in [1.54, 1.807) is 12.1 Å². The van der Waals surface area contributed by atoms with E-state index in [2.05, 4.69) is 5.32 Å². The molecule has 0 unspecified atom stereocenters. The normalized spacial score (nSPS) is 10.0. The Balaban J connectivity index is 2.37. The number of hydrogen-bond donors (Lipinski definition) is 2. The summed E-state index contributed by atoms with van der Waals surface area (Å²) in [6.07, 6.45) is 1.17. The van der Waals surface area contributed by atoms with E-state index in [0.29, 0.717) is 24.5 Å². The van der Waals surface area contributed by atoms with Crippen LogP contribution in [0.15, 0.2) is 24.3 Å². The van der Waals surface area contributed by atoms with Crippen LogP contribution in [-0.2, 0) is 11.2 Å². The van der Waals surface area contributed by atoms with E-state index < -0.39 is 0 Å². The molecule has 0 bridgehead atoms. The summed E-state index contributed by atoms with van der Waals surface area (Å²) in [7, 11) is 0. The molecule has 4 heteroatoms. The maximum absolute atomic E-state index is 11.4. The van der Waals surface area contributed by atoms with Crippen LogP contribution in [0.4, 0.5) is 0 Å². The van der Waals surface area contributed by atoms with E-state index in [9.17, 15) is 4.79 Å². The highest BCUT2D eigenvalue weighted by Crippen LogP contribution is 2.10. The topological polar surface area (TPSA) is 55.1 Å². The lowest BCUT2D eigenvalue weighted by molar-refractivity contribution is -0.120. The predicted molar refractivity (Wildman–Crippen MR) is 61.8 cm³/mol. The van der Waals surface area contributed by atoms with Gasteiger partial charge in [0, 0.05) is 11.6 Å². The van der Waals surface area contributed by atoms with E-state index >= 15 is 0 Å². The second-order valence-corrected chi connectivity index (χ2v) is 3.74.